The third-order valence-corrected chi connectivity index (χ3v) is 7.12. The molecule has 1 aromatic carbocycles. The van der Waals surface area contributed by atoms with Crippen LogP contribution in [0.2, 0.25) is 0 Å². The van der Waals surface area contributed by atoms with Crippen LogP contribution in [-0.2, 0) is 19.5 Å². The van der Waals surface area contributed by atoms with Crippen LogP contribution in [0.4, 0.5) is 0 Å². The Labute approximate surface area is 208 Å². The van der Waals surface area contributed by atoms with Crippen molar-refractivity contribution in [1.29, 1.82) is 0 Å². The highest BCUT2D eigenvalue weighted by molar-refractivity contribution is 14.0. The topological polar surface area (TPSA) is 42.9 Å². The second-order valence-electron chi connectivity index (χ2n) is 8.34. The second kappa shape index (κ2) is 12.8. The number of fused-ring (bicyclic) bond motifs is 1. The molecule has 2 aliphatic rings. The van der Waals surface area contributed by atoms with Gasteiger partial charge in [0.2, 0.25) is 0 Å². The van der Waals surface area contributed by atoms with Gasteiger partial charge in [-0.1, -0.05) is 30.3 Å². The highest BCUT2D eigenvalue weighted by atomic mass is 127. The summed E-state index contributed by atoms with van der Waals surface area (Å²) >= 11 is 1.90. The molecule has 0 bridgehead atoms. The predicted octanol–water partition coefficient (Wildman–Crippen LogP) is 3.94. The lowest BCUT2D eigenvalue weighted by molar-refractivity contribution is 0.198. The van der Waals surface area contributed by atoms with Crippen molar-refractivity contribution in [2.24, 2.45) is 4.99 Å². The number of hydrogen-bond donors (Lipinski definition) is 2. The Hall–Kier alpha value is -1.16. The molecule has 1 fully saturated rings. The van der Waals surface area contributed by atoms with E-state index in [1.807, 2.05) is 11.3 Å². The van der Waals surface area contributed by atoms with Gasteiger partial charge in [0, 0.05) is 56.7 Å². The lowest BCUT2D eigenvalue weighted by atomic mass is 10.0. The monoisotopic (exact) mass is 553 g/mol. The molecule has 3 heterocycles. The van der Waals surface area contributed by atoms with Gasteiger partial charge in [-0.05, 0) is 48.8 Å². The summed E-state index contributed by atoms with van der Waals surface area (Å²) in [6.45, 7) is 10.5. The van der Waals surface area contributed by atoms with Crippen LogP contribution in [0.15, 0.2) is 46.8 Å². The molecule has 0 spiro atoms. The quantitative estimate of drug-likeness (QED) is 0.310. The number of aliphatic imine (C=N–C) groups is 1. The maximum Gasteiger partial charge on any atom is 0.191 e. The molecule has 0 amide bonds. The summed E-state index contributed by atoms with van der Waals surface area (Å²) in [6.07, 6.45) is 3.53. The van der Waals surface area contributed by atoms with Crippen molar-refractivity contribution in [2.75, 3.05) is 39.3 Å². The molecular formula is C24H36IN5S. The van der Waals surface area contributed by atoms with Crippen molar-refractivity contribution >= 4 is 41.3 Å². The first kappa shape index (κ1) is 24.5. The van der Waals surface area contributed by atoms with Crippen LogP contribution in [0.3, 0.4) is 0 Å². The van der Waals surface area contributed by atoms with Crippen LogP contribution >= 0.6 is 35.3 Å². The molecule has 170 valence electrons. The summed E-state index contributed by atoms with van der Waals surface area (Å²) in [7, 11) is 0. The zero-order chi connectivity index (χ0) is 20.6. The molecule has 1 saturated heterocycles. The molecule has 2 aromatic rings. The number of nitrogens with zero attached hydrogens (tertiary/aromatic N) is 3. The maximum atomic E-state index is 4.87. The largest absolute Gasteiger partial charge is 0.357 e. The zero-order valence-corrected chi connectivity index (χ0v) is 21.7. The van der Waals surface area contributed by atoms with Crippen molar-refractivity contribution in [2.45, 2.75) is 45.3 Å². The predicted molar refractivity (Wildman–Crippen MR) is 143 cm³/mol. The van der Waals surface area contributed by atoms with E-state index in [0.29, 0.717) is 6.04 Å². The minimum Gasteiger partial charge on any atom is -0.357 e. The number of hydrogen-bond acceptors (Lipinski definition) is 4. The second-order valence-corrected chi connectivity index (χ2v) is 9.34. The van der Waals surface area contributed by atoms with E-state index in [1.165, 1.54) is 30.4 Å². The number of nitrogens with one attached hydrogen (secondary N) is 2. The fraction of sp³-hybridized carbons (Fsp3) is 0.542. The van der Waals surface area contributed by atoms with Gasteiger partial charge >= 0.3 is 0 Å². The van der Waals surface area contributed by atoms with Crippen LogP contribution < -0.4 is 10.6 Å². The number of thiophene rings is 1. The van der Waals surface area contributed by atoms with Crippen LogP contribution in [0.5, 0.6) is 0 Å². The molecule has 2 aliphatic heterocycles. The minimum absolute atomic E-state index is 0. The van der Waals surface area contributed by atoms with Gasteiger partial charge in [-0.3, -0.25) is 14.8 Å². The lowest BCUT2D eigenvalue weighted by Gasteiger charge is -2.33. The van der Waals surface area contributed by atoms with E-state index in [1.54, 1.807) is 4.88 Å². The number of rotatable bonds is 7. The Morgan fingerprint density at radius 3 is 2.68 bits per heavy atom. The first-order chi connectivity index (χ1) is 14.8. The van der Waals surface area contributed by atoms with Crippen molar-refractivity contribution in [1.82, 2.24) is 20.4 Å². The molecule has 31 heavy (non-hydrogen) atoms. The normalized spacial score (nSPS) is 18.3. The molecule has 0 unspecified atom stereocenters. The Morgan fingerprint density at radius 1 is 1.10 bits per heavy atom. The van der Waals surface area contributed by atoms with Gasteiger partial charge in [0.25, 0.3) is 0 Å². The smallest absolute Gasteiger partial charge is 0.191 e. The first-order valence-electron chi connectivity index (χ1n) is 11.4. The summed E-state index contributed by atoms with van der Waals surface area (Å²) < 4.78 is 0. The van der Waals surface area contributed by atoms with Gasteiger partial charge in [0.1, 0.15) is 0 Å². The minimum atomic E-state index is 0. The van der Waals surface area contributed by atoms with E-state index in [2.05, 4.69) is 69.1 Å². The summed E-state index contributed by atoms with van der Waals surface area (Å²) in [6, 6.07) is 13.6. The van der Waals surface area contributed by atoms with E-state index in [0.717, 1.165) is 58.3 Å². The molecule has 2 N–H and O–H groups in total. The fourth-order valence-corrected chi connectivity index (χ4v) is 5.28. The number of halogens is 1. The van der Waals surface area contributed by atoms with Crippen LogP contribution in [0, 0.1) is 0 Å². The van der Waals surface area contributed by atoms with E-state index in [-0.39, 0.29) is 24.0 Å². The number of likely N-dealkylation sites (tertiary alicyclic amines) is 1. The van der Waals surface area contributed by atoms with Gasteiger partial charge < -0.3 is 10.6 Å². The van der Waals surface area contributed by atoms with Crippen LogP contribution in [0.1, 0.15) is 35.8 Å². The van der Waals surface area contributed by atoms with Crippen molar-refractivity contribution in [3.63, 3.8) is 0 Å². The Balaban J connectivity index is 0.00000272. The molecule has 1 aromatic heterocycles. The summed E-state index contributed by atoms with van der Waals surface area (Å²) in [5.74, 6) is 0.979. The van der Waals surface area contributed by atoms with E-state index in [9.17, 15) is 0 Å². The highest BCUT2D eigenvalue weighted by Crippen LogP contribution is 2.23. The Kier molecular flexibility index (Phi) is 10.1. The van der Waals surface area contributed by atoms with Gasteiger partial charge in [-0.25, -0.2) is 0 Å². The molecular weight excluding hydrogens is 517 g/mol. The summed E-state index contributed by atoms with van der Waals surface area (Å²) in [5, 5.41) is 9.35. The van der Waals surface area contributed by atoms with Crippen molar-refractivity contribution < 1.29 is 0 Å². The van der Waals surface area contributed by atoms with Crippen molar-refractivity contribution in [3.8, 4) is 0 Å². The number of piperidine rings is 1. The summed E-state index contributed by atoms with van der Waals surface area (Å²) in [5.41, 5.74) is 2.92. The Morgan fingerprint density at radius 2 is 1.90 bits per heavy atom. The fourth-order valence-electron chi connectivity index (χ4n) is 4.39. The molecule has 4 rings (SSSR count). The van der Waals surface area contributed by atoms with Crippen LogP contribution in [-0.4, -0.2) is 61.1 Å². The molecule has 0 atom stereocenters. The highest BCUT2D eigenvalue weighted by Gasteiger charge is 2.20. The standard InChI is InChI=1S/C24H35N5S.HI/c1-2-25-24(26-12-16-29-15-10-23-21(19-29)11-17-30-23)27-22-8-13-28(14-9-22)18-20-6-4-3-5-7-20;/h3-7,11,17,22H,2,8-10,12-16,18-19H2,1H3,(H2,25,26,27);1H. The zero-order valence-electron chi connectivity index (χ0n) is 18.6. The van der Waals surface area contributed by atoms with E-state index in [4.69, 9.17) is 4.99 Å². The molecule has 0 aliphatic carbocycles. The van der Waals surface area contributed by atoms with Gasteiger partial charge in [-0.15, -0.1) is 35.3 Å². The molecule has 7 heteroatoms. The molecule has 0 radical (unpaired) electrons. The third-order valence-electron chi connectivity index (χ3n) is 6.09. The average molecular weight is 554 g/mol. The third kappa shape index (κ3) is 7.44. The average Bonchev–Trinajstić information content (AvgIpc) is 3.24. The molecule has 0 saturated carbocycles. The van der Waals surface area contributed by atoms with E-state index < -0.39 is 0 Å². The molecule has 5 nitrogen and oxygen atoms in total. The van der Waals surface area contributed by atoms with Gasteiger partial charge in [-0.2, -0.15) is 0 Å². The van der Waals surface area contributed by atoms with Gasteiger partial charge in [0.05, 0.1) is 6.54 Å². The number of guanidine groups is 1. The number of benzene rings is 1. The maximum absolute atomic E-state index is 4.87. The van der Waals surface area contributed by atoms with E-state index >= 15 is 0 Å². The summed E-state index contributed by atoms with van der Waals surface area (Å²) in [4.78, 5) is 11.5. The van der Waals surface area contributed by atoms with Crippen LogP contribution in [0.25, 0.3) is 0 Å². The first-order valence-corrected chi connectivity index (χ1v) is 12.3. The van der Waals surface area contributed by atoms with Crippen molar-refractivity contribution in [3.05, 3.63) is 57.8 Å². The Bertz CT molecular complexity index is 801. The lowest BCUT2D eigenvalue weighted by Crippen LogP contribution is -2.48. The SMILES string of the molecule is CCNC(=NCCN1CCc2sccc2C1)NC1CCN(Cc2ccccc2)CC1.I. The van der Waals surface area contributed by atoms with Gasteiger partial charge in [0.15, 0.2) is 5.96 Å².